The molecule has 1 fully saturated rings. The quantitative estimate of drug-likeness (QED) is 0.578. The zero-order chi connectivity index (χ0) is 8.74. The van der Waals surface area contributed by atoms with Crippen molar-refractivity contribution in [3.8, 4) is 6.07 Å². The van der Waals surface area contributed by atoms with Crippen molar-refractivity contribution in [2.45, 2.75) is 33.6 Å². The highest BCUT2D eigenvalue weighted by atomic mass is 14.9. The van der Waals surface area contributed by atoms with E-state index in [2.05, 4.69) is 11.4 Å². The number of nitrogens with zero attached hydrogens (tertiary/aromatic N) is 1. The van der Waals surface area contributed by atoms with Gasteiger partial charge < -0.3 is 5.32 Å². The summed E-state index contributed by atoms with van der Waals surface area (Å²) in [4.78, 5) is 0. The van der Waals surface area contributed by atoms with Crippen molar-refractivity contribution in [3.05, 3.63) is 0 Å². The second-order valence-corrected chi connectivity index (χ2v) is 2.95. The van der Waals surface area contributed by atoms with Crippen molar-refractivity contribution in [1.82, 2.24) is 5.32 Å². The number of rotatable bonds is 0. The van der Waals surface area contributed by atoms with E-state index in [4.69, 9.17) is 5.26 Å². The van der Waals surface area contributed by atoms with Crippen LogP contribution in [-0.2, 0) is 0 Å². The molecule has 0 spiro atoms. The van der Waals surface area contributed by atoms with Gasteiger partial charge in [0, 0.05) is 6.54 Å². The van der Waals surface area contributed by atoms with Crippen LogP contribution in [0.15, 0.2) is 0 Å². The van der Waals surface area contributed by atoms with E-state index < -0.39 is 0 Å². The van der Waals surface area contributed by atoms with Gasteiger partial charge in [0.2, 0.25) is 0 Å². The Morgan fingerprint density at radius 3 is 2.36 bits per heavy atom. The molecule has 0 saturated carbocycles. The lowest BCUT2D eigenvalue weighted by Crippen LogP contribution is -2.36. The van der Waals surface area contributed by atoms with Crippen molar-refractivity contribution >= 4 is 0 Å². The van der Waals surface area contributed by atoms with Gasteiger partial charge in [-0.3, -0.25) is 0 Å². The fraction of sp³-hybridized carbons (Fsp3) is 0.889. The van der Waals surface area contributed by atoms with Crippen LogP contribution in [0.3, 0.4) is 0 Å². The highest BCUT2D eigenvalue weighted by Crippen LogP contribution is 2.23. The zero-order valence-corrected chi connectivity index (χ0v) is 7.78. The van der Waals surface area contributed by atoms with Gasteiger partial charge in [-0.15, -0.1) is 0 Å². The molecule has 11 heavy (non-hydrogen) atoms. The number of nitriles is 1. The van der Waals surface area contributed by atoms with Crippen LogP contribution in [0, 0.1) is 16.7 Å². The van der Waals surface area contributed by atoms with Crippen LogP contribution in [0.2, 0.25) is 0 Å². The van der Waals surface area contributed by atoms with Gasteiger partial charge in [-0.2, -0.15) is 5.26 Å². The van der Waals surface area contributed by atoms with Crippen LogP contribution >= 0.6 is 0 Å². The zero-order valence-electron chi connectivity index (χ0n) is 7.78. The topological polar surface area (TPSA) is 35.8 Å². The molecule has 1 unspecified atom stereocenters. The highest BCUT2D eigenvalue weighted by Gasteiger charge is 2.25. The Bertz CT molecular complexity index is 129. The summed E-state index contributed by atoms with van der Waals surface area (Å²) in [7, 11) is 0. The molecule has 1 N–H and O–H groups in total. The van der Waals surface area contributed by atoms with E-state index in [1.807, 2.05) is 20.8 Å². The maximum Gasteiger partial charge on any atom is 0.0700 e. The molecule has 1 rings (SSSR count). The lowest BCUT2D eigenvalue weighted by Gasteiger charge is -2.26. The van der Waals surface area contributed by atoms with Gasteiger partial charge in [0.25, 0.3) is 0 Å². The van der Waals surface area contributed by atoms with Crippen LogP contribution < -0.4 is 5.32 Å². The molecule has 0 aliphatic carbocycles. The maximum absolute atomic E-state index is 8.66. The lowest BCUT2D eigenvalue weighted by atomic mass is 9.85. The molecule has 1 aliphatic rings. The summed E-state index contributed by atoms with van der Waals surface area (Å²) in [5, 5.41) is 11.9. The fourth-order valence-corrected chi connectivity index (χ4v) is 1.15. The molecule has 1 aliphatic heterocycles. The molecular weight excluding hydrogens is 136 g/mol. The summed E-state index contributed by atoms with van der Waals surface area (Å²) in [6, 6.07) is 2.32. The van der Waals surface area contributed by atoms with Crippen molar-refractivity contribution in [2.24, 2.45) is 5.41 Å². The second-order valence-electron chi connectivity index (χ2n) is 2.95. The van der Waals surface area contributed by atoms with Gasteiger partial charge in [-0.05, 0) is 26.3 Å². The summed E-state index contributed by atoms with van der Waals surface area (Å²) in [5.41, 5.74) is -0.0851. The van der Waals surface area contributed by atoms with Gasteiger partial charge in [0.05, 0.1) is 11.5 Å². The summed E-state index contributed by atoms with van der Waals surface area (Å²) >= 11 is 0. The first-order chi connectivity index (χ1) is 5.27. The van der Waals surface area contributed by atoms with E-state index >= 15 is 0 Å². The minimum Gasteiger partial charge on any atom is -0.315 e. The number of nitrogens with one attached hydrogen (secondary N) is 1. The molecule has 1 atom stereocenters. The maximum atomic E-state index is 8.66. The van der Waals surface area contributed by atoms with E-state index in [1.54, 1.807) is 0 Å². The minimum absolute atomic E-state index is 0.0851. The third-order valence-corrected chi connectivity index (χ3v) is 1.87. The second kappa shape index (κ2) is 5.15. The Morgan fingerprint density at radius 2 is 2.09 bits per heavy atom. The highest BCUT2D eigenvalue weighted by molar-refractivity contribution is 4.98. The van der Waals surface area contributed by atoms with E-state index in [0.29, 0.717) is 0 Å². The molecule has 2 heteroatoms. The molecule has 0 amide bonds. The molecule has 0 bridgehead atoms. The molecular formula is C9H18N2. The predicted molar refractivity (Wildman–Crippen MR) is 47.2 cm³/mol. The first kappa shape index (κ1) is 10.4. The summed E-state index contributed by atoms with van der Waals surface area (Å²) in [6.07, 6.45) is 2.20. The lowest BCUT2D eigenvalue weighted by molar-refractivity contribution is 0.317. The van der Waals surface area contributed by atoms with Gasteiger partial charge in [0.15, 0.2) is 0 Å². The van der Waals surface area contributed by atoms with Crippen LogP contribution in [0.1, 0.15) is 33.6 Å². The van der Waals surface area contributed by atoms with Gasteiger partial charge in [-0.1, -0.05) is 13.8 Å². The SMILES string of the molecule is CC.CC1(C#N)CCCNC1. The van der Waals surface area contributed by atoms with Crippen LogP contribution in [0.5, 0.6) is 0 Å². The molecule has 0 aromatic rings. The van der Waals surface area contributed by atoms with E-state index in [9.17, 15) is 0 Å². The van der Waals surface area contributed by atoms with Crippen LogP contribution in [-0.4, -0.2) is 13.1 Å². The first-order valence-electron chi connectivity index (χ1n) is 4.39. The van der Waals surface area contributed by atoms with Gasteiger partial charge in [-0.25, -0.2) is 0 Å². The Balaban J connectivity index is 0.000000461. The monoisotopic (exact) mass is 154 g/mol. The van der Waals surface area contributed by atoms with Crippen LogP contribution in [0.25, 0.3) is 0 Å². The van der Waals surface area contributed by atoms with E-state index in [0.717, 1.165) is 25.9 Å². The van der Waals surface area contributed by atoms with E-state index in [-0.39, 0.29) is 5.41 Å². The number of hydrogen-bond acceptors (Lipinski definition) is 2. The number of piperidine rings is 1. The molecule has 0 aromatic carbocycles. The Hall–Kier alpha value is -0.550. The fourth-order valence-electron chi connectivity index (χ4n) is 1.15. The van der Waals surface area contributed by atoms with Crippen molar-refractivity contribution < 1.29 is 0 Å². The molecule has 2 nitrogen and oxygen atoms in total. The summed E-state index contributed by atoms with van der Waals surface area (Å²) in [6.45, 7) is 7.96. The molecule has 64 valence electrons. The van der Waals surface area contributed by atoms with E-state index in [1.165, 1.54) is 0 Å². The standard InChI is InChI=1S/C7H12N2.C2H6/c1-7(5-8)3-2-4-9-6-7;1-2/h9H,2-4,6H2,1H3;1-2H3. The predicted octanol–water partition coefficient (Wildman–Crippen LogP) is 1.93. The molecule has 0 aromatic heterocycles. The smallest absolute Gasteiger partial charge is 0.0700 e. The Morgan fingerprint density at radius 1 is 1.45 bits per heavy atom. The Labute approximate surface area is 69.6 Å². The Kier molecular flexibility index (Phi) is 4.89. The largest absolute Gasteiger partial charge is 0.315 e. The van der Waals surface area contributed by atoms with Gasteiger partial charge >= 0.3 is 0 Å². The van der Waals surface area contributed by atoms with Crippen LogP contribution in [0.4, 0.5) is 0 Å². The first-order valence-corrected chi connectivity index (χ1v) is 4.39. The summed E-state index contributed by atoms with van der Waals surface area (Å²) < 4.78 is 0. The van der Waals surface area contributed by atoms with Crippen molar-refractivity contribution in [3.63, 3.8) is 0 Å². The molecule has 1 heterocycles. The normalized spacial score (nSPS) is 29.6. The minimum atomic E-state index is -0.0851. The third-order valence-electron chi connectivity index (χ3n) is 1.87. The third kappa shape index (κ3) is 3.38. The van der Waals surface area contributed by atoms with Crippen molar-refractivity contribution in [1.29, 1.82) is 5.26 Å². The summed E-state index contributed by atoms with van der Waals surface area (Å²) in [5.74, 6) is 0. The average Bonchev–Trinajstić information content (AvgIpc) is 2.10. The number of hydrogen-bond donors (Lipinski definition) is 1. The van der Waals surface area contributed by atoms with Gasteiger partial charge in [0.1, 0.15) is 0 Å². The average molecular weight is 154 g/mol. The van der Waals surface area contributed by atoms with Crippen molar-refractivity contribution in [2.75, 3.05) is 13.1 Å². The molecule has 1 saturated heterocycles. The molecule has 0 radical (unpaired) electrons.